The van der Waals surface area contributed by atoms with Crippen LogP contribution in [-0.4, -0.2) is 20.3 Å². The van der Waals surface area contributed by atoms with Crippen molar-refractivity contribution in [2.45, 2.75) is 6.61 Å². The Labute approximate surface area is 118 Å². The average molecular weight is 269 g/mol. The van der Waals surface area contributed by atoms with Crippen molar-refractivity contribution in [1.82, 2.24) is 0 Å². The van der Waals surface area contributed by atoms with Crippen LogP contribution in [0.15, 0.2) is 48.5 Å². The lowest BCUT2D eigenvalue weighted by Gasteiger charge is -2.08. The lowest BCUT2D eigenvalue weighted by Crippen LogP contribution is -2.33. The normalized spacial score (nSPS) is 13.3. The summed E-state index contributed by atoms with van der Waals surface area (Å²) in [4.78, 5) is 0. The Morgan fingerprint density at radius 2 is 1.95 bits per heavy atom. The molecule has 5 heteroatoms. The Bertz CT molecular complexity index is 577. The number of benzene rings is 2. The molecule has 0 saturated carbocycles. The zero-order valence-corrected chi connectivity index (χ0v) is 11.1. The second-order valence-corrected chi connectivity index (χ2v) is 4.58. The molecular weight excluding hydrogens is 253 g/mol. The maximum atomic E-state index is 5.80. The van der Waals surface area contributed by atoms with Crippen molar-refractivity contribution >= 4 is 12.6 Å². The van der Waals surface area contributed by atoms with Gasteiger partial charge in [-0.15, -0.1) is 0 Å². The van der Waals surface area contributed by atoms with Gasteiger partial charge in [0.25, 0.3) is 0 Å². The molecule has 102 valence electrons. The van der Waals surface area contributed by atoms with Crippen LogP contribution in [0.2, 0.25) is 0 Å². The van der Waals surface area contributed by atoms with Gasteiger partial charge in [0.05, 0.1) is 6.61 Å². The van der Waals surface area contributed by atoms with Gasteiger partial charge in [0, 0.05) is 13.2 Å². The molecule has 0 amide bonds. The summed E-state index contributed by atoms with van der Waals surface area (Å²) in [5.74, 6) is 1.63. The third-order valence-electron chi connectivity index (χ3n) is 3.12. The Morgan fingerprint density at radius 3 is 2.75 bits per heavy atom. The smallest absolute Gasteiger partial charge is 0.457 e. The maximum absolute atomic E-state index is 5.80. The van der Waals surface area contributed by atoms with Crippen molar-refractivity contribution in [3.63, 3.8) is 0 Å². The first-order valence-corrected chi connectivity index (χ1v) is 6.66. The van der Waals surface area contributed by atoms with E-state index in [4.69, 9.17) is 19.8 Å². The maximum Gasteiger partial charge on any atom is 0.494 e. The number of ether oxygens (including phenoxy) is 1. The number of para-hydroxylation sites is 1. The van der Waals surface area contributed by atoms with Crippen molar-refractivity contribution in [2.75, 3.05) is 13.2 Å². The monoisotopic (exact) mass is 269 g/mol. The summed E-state index contributed by atoms with van der Waals surface area (Å²) in [5.41, 5.74) is 7.59. The quantitative estimate of drug-likeness (QED) is 0.839. The summed E-state index contributed by atoms with van der Waals surface area (Å²) in [5, 5.41) is 0. The molecule has 2 N–H and O–H groups in total. The Balaban J connectivity index is 1.74. The van der Waals surface area contributed by atoms with Gasteiger partial charge >= 0.3 is 7.12 Å². The molecule has 3 rings (SSSR count). The summed E-state index contributed by atoms with van der Waals surface area (Å²) >= 11 is 0. The zero-order chi connectivity index (χ0) is 13.8. The van der Waals surface area contributed by atoms with Crippen molar-refractivity contribution in [3.8, 4) is 11.5 Å². The molecule has 0 unspecified atom stereocenters. The van der Waals surface area contributed by atoms with Crippen molar-refractivity contribution in [1.29, 1.82) is 0 Å². The number of hydrogen-bond acceptors (Lipinski definition) is 4. The summed E-state index contributed by atoms with van der Waals surface area (Å²) in [7, 11) is -0.306. The molecule has 0 aliphatic carbocycles. The predicted molar refractivity (Wildman–Crippen MR) is 78.1 cm³/mol. The van der Waals surface area contributed by atoms with Gasteiger partial charge in [-0.25, -0.2) is 0 Å². The molecule has 0 radical (unpaired) electrons. The van der Waals surface area contributed by atoms with Gasteiger partial charge in [-0.1, -0.05) is 24.3 Å². The predicted octanol–water partition coefficient (Wildman–Crippen LogP) is 1.68. The van der Waals surface area contributed by atoms with Crippen molar-refractivity contribution in [3.05, 3.63) is 54.1 Å². The highest BCUT2D eigenvalue weighted by molar-refractivity contribution is 6.62. The van der Waals surface area contributed by atoms with Crippen LogP contribution >= 0.6 is 0 Å². The van der Waals surface area contributed by atoms with Crippen LogP contribution in [0.4, 0.5) is 0 Å². The SMILES string of the molecule is NCCOB1OCc2cc(Oc3ccccc3)ccc21. The van der Waals surface area contributed by atoms with E-state index < -0.39 is 0 Å². The van der Waals surface area contributed by atoms with E-state index in [1.807, 2.05) is 48.5 Å². The van der Waals surface area contributed by atoms with Gasteiger partial charge in [0.2, 0.25) is 0 Å². The van der Waals surface area contributed by atoms with E-state index in [-0.39, 0.29) is 7.12 Å². The average Bonchev–Trinajstić information content (AvgIpc) is 2.88. The van der Waals surface area contributed by atoms with Crippen LogP contribution in [0, 0.1) is 0 Å². The van der Waals surface area contributed by atoms with E-state index in [0.29, 0.717) is 19.8 Å². The minimum absolute atomic E-state index is 0.306. The molecule has 1 heterocycles. The molecule has 0 aromatic heterocycles. The number of fused-ring (bicyclic) bond motifs is 1. The van der Waals surface area contributed by atoms with Crippen molar-refractivity contribution in [2.24, 2.45) is 5.73 Å². The topological polar surface area (TPSA) is 53.7 Å². The first kappa shape index (κ1) is 13.2. The minimum Gasteiger partial charge on any atom is -0.457 e. The van der Waals surface area contributed by atoms with Gasteiger partial charge < -0.3 is 19.8 Å². The van der Waals surface area contributed by atoms with Crippen LogP contribution in [-0.2, 0) is 15.9 Å². The first-order chi connectivity index (χ1) is 9.86. The largest absolute Gasteiger partial charge is 0.494 e. The standard InChI is InChI=1S/C15H16BNO3/c17-8-9-18-16-15-7-6-14(10-12(15)11-19-16)20-13-4-2-1-3-5-13/h1-7,10H,8-9,11,17H2. The van der Waals surface area contributed by atoms with Gasteiger partial charge in [-0.05, 0) is 35.3 Å². The second-order valence-electron chi connectivity index (χ2n) is 4.58. The molecule has 0 fully saturated rings. The second kappa shape index (κ2) is 6.09. The molecule has 0 bridgehead atoms. The van der Waals surface area contributed by atoms with Crippen LogP contribution < -0.4 is 15.9 Å². The number of rotatable bonds is 5. The van der Waals surface area contributed by atoms with E-state index in [2.05, 4.69) is 0 Å². The van der Waals surface area contributed by atoms with E-state index in [1.165, 1.54) is 0 Å². The molecule has 1 aliphatic rings. The third kappa shape index (κ3) is 2.85. The summed E-state index contributed by atoms with van der Waals surface area (Å²) in [6, 6.07) is 15.6. The summed E-state index contributed by atoms with van der Waals surface area (Å²) in [6.07, 6.45) is 0. The number of hydrogen-bond donors (Lipinski definition) is 1. The lowest BCUT2D eigenvalue weighted by atomic mass is 9.79. The fourth-order valence-electron chi connectivity index (χ4n) is 2.19. The minimum atomic E-state index is -0.306. The molecule has 2 aromatic carbocycles. The highest BCUT2D eigenvalue weighted by Crippen LogP contribution is 2.23. The Hall–Kier alpha value is -1.82. The van der Waals surface area contributed by atoms with Crippen molar-refractivity contribution < 1.29 is 14.0 Å². The summed E-state index contributed by atoms with van der Waals surface area (Å²) < 4.78 is 16.9. The van der Waals surface area contributed by atoms with E-state index in [9.17, 15) is 0 Å². The molecule has 1 aliphatic heterocycles. The molecule has 0 saturated heterocycles. The third-order valence-corrected chi connectivity index (χ3v) is 3.12. The van der Waals surface area contributed by atoms with Gasteiger partial charge in [-0.3, -0.25) is 0 Å². The van der Waals surface area contributed by atoms with E-state index >= 15 is 0 Å². The molecule has 0 atom stereocenters. The van der Waals surface area contributed by atoms with Crippen LogP contribution in [0.1, 0.15) is 5.56 Å². The zero-order valence-electron chi connectivity index (χ0n) is 11.1. The van der Waals surface area contributed by atoms with Gasteiger partial charge in [0.15, 0.2) is 0 Å². The molecule has 20 heavy (non-hydrogen) atoms. The number of nitrogens with two attached hydrogens (primary N) is 1. The fourth-order valence-corrected chi connectivity index (χ4v) is 2.19. The fraction of sp³-hybridized carbons (Fsp3) is 0.200. The first-order valence-electron chi connectivity index (χ1n) is 6.66. The summed E-state index contributed by atoms with van der Waals surface area (Å²) in [6.45, 7) is 1.52. The van der Waals surface area contributed by atoms with E-state index in [1.54, 1.807) is 0 Å². The van der Waals surface area contributed by atoms with Crippen LogP contribution in [0.25, 0.3) is 0 Å². The Kier molecular flexibility index (Phi) is 4.01. The molecule has 0 spiro atoms. The molecular formula is C15H16BNO3. The highest BCUT2D eigenvalue weighted by Gasteiger charge is 2.30. The van der Waals surface area contributed by atoms with Gasteiger partial charge in [-0.2, -0.15) is 0 Å². The van der Waals surface area contributed by atoms with Crippen LogP contribution in [0.5, 0.6) is 11.5 Å². The Morgan fingerprint density at radius 1 is 1.10 bits per heavy atom. The van der Waals surface area contributed by atoms with E-state index in [0.717, 1.165) is 22.5 Å². The highest BCUT2D eigenvalue weighted by atomic mass is 16.6. The van der Waals surface area contributed by atoms with Gasteiger partial charge in [0.1, 0.15) is 11.5 Å². The van der Waals surface area contributed by atoms with Crippen LogP contribution in [0.3, 0.4) is 0 Å². The lowest BCUT2D eigenvalue weighted by molar-refractivity contribution is 0.216. The molecule has 2 aromatic rings. The molecule has 4 nitrogen and oxygen atoms in total.